The molecule has 2 nitrogen and oxygen atoms in total. The maximum absolute atomic E-state index is 11.3. The van der Waals surface area contributed by atoms with Crippen LogP contribution in [0.5, 0.6) is 0 Å². The Morgan fingerprint density at radius 3 is 2.81 bits per heavy atom. The molecule has 3 aliphatic rings. The lowest BCUT2D eigenvalue weighted by Crippen LogP contribution is -2.59. The Balaban J connectivity index is 1.54. The van der Waals surface area contributed by atoms with Gasteiger partial charge in [-0.25, -0.2) is 0 Å². The van der Waals surface area contributed by atoms with E-state index < -0.39 is 5.60 Å². The first kappa shape index (κ1) is 13.8. The minimum atomic E-state index is -0.436. The van der Waals surface area contributed by atoms with Gasteiger partial charge in [-0.05, 0) is 55.6 Å². The van der Waals surface area contributed by atoms with Crippen molar-refractivity contribution in [2.45, 2.75) is 75.5 Å². The summed E-state index contributed by atoms with van der Waals surface area (Å²) in [4.78, 5) is 0. The highest BCUT2D eigenvalue weighted by molar-refractivity contribution is 5.34. The molecule has 2 saturated carbocycles. The van der Waals surface area contributed by atoms with Crippen LogP contribution in [0.4, 0.5) is 0 Å². The molecular weight excluding hydrogens is 258 g/mol. The predicted octanol–water partition coefficient (Wildman–Crippen LogP) is 3.74. The van der Waals surface area contributed by atoms with Gasteiger partial charge in [-0.2, -0.15) is 0 Å². The number of rotatable bonds is 2. The second kappa shape index (κ2) is 5.40. The summed E-state index contributed by atoms with van der Waals surface area (Å²) in [5.41, 5.74) is 2.53. The van der Waals surface area contributed by atoms with E-state index in [1.165, 1.54) is 56.1 Å². The van der Waals surface area contributed by atoms with Crippen molar-refractivity contribution in [3.8, 4) is 0 Å². The van der Waals surface area contributed by atoms with Crippen LogP contribution in [0.15, 0.2) is 24.3 Å². The molecule has 0 bridgehead atoms. The Morgan fingerprint density at radius 1 is 1.00 bits per heavy atom. The molecule has 0 aliphatic heterocycles. The molecule has 4 rings (SSSR count). The molecule has 0 saturated heterocycles. The van der Waals surface area contributed by atoms with E-state index in [0.29, 0.717) is 18.0 Å². The molecule has 2 fully saturated rings. The van der Waals surface area contributed by atoms with Crippen molar-refractivity contribution in [1.29, 1.82) is 0 Å². The van der Waals surface area contributed by atoms with Gasteiger partial charge in [-0.1, -0.05) is 43.5 Å². The van der Waals surface area contributed by atoms with Gasteiger partial charge in [0.15, 0.2) is 0 Å². The van der Waals surface area contributed by atoms with Gasteiger partial charge in [-0.15, -0.1) is 0 Å². The first-order valence-electron chi connectivity index (χ1n) is 8.83. The van der Waals surface area contributed by atoms with E-state index in [1.54, 1.807) is 0 Å². The highest BCUT2D eigenvalue weighted by Crippen LogP contribution is 2.45. The quantitative estimate of drug-likeness (QED) is 0.867. The lowest BCUT2D eigenvalue weighted by molar-refractivity contribution is -0.101. The highest BCUT2D eigenvalue weighted by Gasteiger charge is 2.47. The summed E-state index contributed by atoms with van der Waals surface area (Å²) in [5, 5.41) is 15.2. The van der Waals surface area contributed by atoms with Gasteiger partial charge in [0.1, 0.15) is 0 Å². The third-order valence-electron chi connectivity index (χ3n) is 6.27. The van der Waals surface area contributed by atoms with Gasteiger partial charge in [0.25, 0.3) is 0 Å². The van der Waals surface area contributed by atoms with Crippen molar-refractivity contribution in [2.75, 3.05) is 0 Å². The highest BCUT2D eigenvalue weighted by atomic mass is 16.3. The maximum Gasteiger partial charge on any atom is 0.0828 e. The molecule has 0 heterocycles. The fourth-order valence-electron chi connectivity index (χ4n) is 5.13. The zero-order chi connectivity index (χ0) is 14.3. The second-order valence-corrected chi connectivity index (χ2v) is 7.37. The number of benzene rings is 1. The molecule has 0 spiro atoms. The Kier molecular flexibility index (Phi) is 3.55. The van der Waals surface area contributed by atoms with Crippen LogP contribution < -0.4 is 5.32 Å². The van der Waals surface area contributed by atoms with E-state index in [0.717, 1.165) is 12.8 Å². The Labute approximate surface area is 128 Å². The largest absolute Gasteiger partial charge is 0.388 e. The number of hydrogen-bond acceptors (Lipinski definition) is 2. The normalized spacial score (nSPS) is 38.8. The van der Waals surface area contributed by atoms with Gasteiger partial charge >= 0.3 is 0 Å². The van der Waals surface area contributed by atoms with Crippen molar-refractivity contribution >= 4 is 0 Å². The number of fused-ring (bicyclic) bond motifs is 2. The van der Waals surface area contributed by atoms with Crippen LogP contribution in [-0.4, -0.2) is 16.7 Å². The van der Waals surface area contributed by atoms with Gasteiger partial charge in [0.2, 0.25) is 0 Å². The zero-order valence-corrected chi connectivity index (χ0v) is 12.9. The molecular formula is C19H27NO. The van der Waals surface area contributed by atoms with Crippen LogP contribution in [0.3, 0.4) is 0 Å². The number of aliphatic hydroxyl groups is 1. The van der Waals surface area contributed by atoms with E-state index in [2.05, 4.69) is 29.6 Å². The molecule has 0 radical (unpaired) electrons. The van der Waals surface area contributed by atoms with Crippen molar-refractivity contribution in [3.63, 3.8) is 0 Å². The fourth-order valence-corrected chi connectivity index (χ4v) is 5.13. The topological polar surface area (TPSA) is 32.3 Å². The van der Waals surface area contributed by atoms with Gasteiger partial charge < -0.3 is 10.4 Å². The summed E-state index contributed by atoms with van der Waals surface area (Å²) >= 11 is 0. The summed E-state index contributed by atoms with van der Waals surface area (Å²) in [6, 6.07) is 9.58. The molecule has 2 heteroatoms. The summed E-state index contributed by atoms with van der Waals surface area (Å²) in [7, 11) is 0. The second-order valence-electron chi connectivity index (χ2n) is 7.37. The molecule has 0 aromatic heterocycles. The molecule has 21 heavy (non-hydrogen) atoms. The summed E-state index contributed by atoms with van der Waals surface area (Å²) in [5.74, 6) is 0.536. The van der Waals surface area contributed by atoms with E-state index in [9.17, 15) is 5.11 Å². The Bertz CT molecular complexity index is 512. The van der Waals surface area contributed by atoms with E-state index in [-0.39, 0.29) is 0 Å². The van der Waals surface area contributed by atoms with E-state index in [1.807, 2.05) is 0 Å². The Hall–Kier alpha value is -0.860. The molecule has 114 valence electrons. The lowest BCUT2D eigenvalue weighted by Gasteiger charge is -2.50. The first-order valence-corrected chi connectivity index (χ1v) is 8.83. The third-order valence-corrected chi connectivity index (χ3v) is 6.27. The molecule has 1 aromatic rings. The van der Waals surface area contributed by atoms with Crippen molar-refractivity contribution in [2.24, 2.45) is 5.92 Å². The van der Waals surface area contributed by atoms with Crippen LogP contribution in [0.25, 0.3) is 0 Å². The minimum absolute atomic E-state index is 0.299. The summed E-state index contributed by atoms with van der Waals surface area (Å²) in [6.07, 6.45) is 10.8. The van der Waals surface area contributed by atoms with E-state index in [4.69, 9.17) is 0 Å². The molecule has 4 unspecified atom stereocenters. The Morgan fingerprint density at radius 2 is 1.86 bits per heavy atom. The van der Waals surface area contributed by atoms with Gasteiger partial charge in [0.05, 0.1) is 5.60 Å². The van der Waals surface area contributed by atoms with Gasteiger partial charge in [0, 0.05) is 12.1 Å². The lowest BCUT2D eigenvalue weighted by atomic mass is 9.64. The summed E-state index contributed by atoms with van der Waals surface area (Å²) in [6.45, 7) is 0. The van der Waals surface area contributed by atoms with Crippen molar-refractivity contribution in [3.05, 3.63) is 35.4 Å². The van der Waals surface area contributed by atoms with Crippen molar-refractivity contribution in [1.82, 2.24) is 5.32 Å². The van der Waals surface area contributed by atoms with Gasteiger partial charge in [-0.3, -0.25) is 0 Å². The molecule has 1 aromatic carbocycles. The van der Waals surface area contributed by atoms with Crippen LogP contribution in [0.1, 0.15) is 68.5 Å². The standard InChI is InChI=1S/C19H27NO/c21-19-13-4-3-7-15(19)8-5-10-18(19)20-17-12-11-14-6-1-2-9-16(14)17/h1-2,6,9,15,17-18,20-21H,3-5,7-8,10-13H2. The molecule has 4 atom stereocenters. The summed E-state index contributed by atoms with van der Waals surface area (Å²) < 4.78 is 0. The van der Waals surface area contributed by atoms with Crippen LogP contribution >= 0.6 is 0 Å². The number of aryl methyl sites for hydroxylation is 1. The van der Waals surface area contributed by atoms with Crippen LogP contribution in [0.2, 0.25) is 0 Å². The van der Waals surface area contributed by atoms with Crippen LogP contribution in [0, 0.1) is 5.92 Å². The monoisotopic (exact) mass is 285 g/mol. The third kappa shape index (κ3) is 2.33. The molecule has 0 amide bonds. The van der Waals surface area contributed by atoms with E-state index >= 15 is 0 Å². The average Bonchev–Trinajstić information content (AvgIpc) is 2.91. The zero-order valence-electron chi connectivity index (χ0n) is 12.9. The molecule has 2 N–H and O–H groups in total. The van der Waals surface area contributed by atoms with Crippen molar-refractivity contribution < 1.29 is 5.11 Å². The number of nitrogens with one attached hydrogen (secondary N) is 1. The smallest absolute Gasteiger partial charge is 0.0828 e. The fraction of sp³-hybridized carbons (Fsp3) is 0.684. The molecule has 3 aliphatic carbocycles. The number of hydrogen-bond donors (Lipinski definition) is 2. The SMILES string of the molecule is OC12CCCCC1CCCC2NC1CCc2ccccc21. The van der Waals surface area contributed by atoms with Crippen LogP contribution in [-0.2, 0) is 6.42 Å². The minimum Gasteiger partial charge on any atom is -0.388 e. The first-order chi connectivity index (χ1) is 10.3. The maximum atomic E-state index is 11.3. The average molecular weight is 285 g/mol. The predicted molar refractivity (Wildman–Crippen MR) is 85.2 cm³/mol.